The van der Waals surface area contributed by atoms with Crippen molar-refractivity contribution in [3.05, 3.63) is 64.1 Å². The third-order valence-electron chi connectivity index (χ3n) is 3.20. The molecule has 0 radical (unpaired) electrons. The van der Waals surface area contributed by atoms with E-state index in [1.54, 1.807) is 23.9 Å². The molecule has 3 aromatic heterocycles. The van der Waals surface area contributed by atoms with E-state index >= 15 is 0 Å². The monoisotopic (exact) mass is 332 g/mol. The Hall–Kier alpha value is -2.05. The van der Waals surface area contributed by atoms with Crippen LogP contribution in [0.2, 0.25) is 0 Å². The highest BCUT2D eigenvalue weighted by Crippen LogP contribution is 2.17. The van der Waals surface area contributed by atoms with E-state index in [9.17, 15) is 4.79 Å². The van der Waals surface area contributed by atoms with E-state index in [2.05, 4.69) is 16.8 Å². The molecule has 3 aromatic rings. The highest BCUT2D eigenvalue weighted by atomic mass is 32.1. The van der Waals surface area contributed by atoms with Crippen LogP contribution < -0.4 is 5.32 Å². The molecule has 0 unspecified atom stereocenters. The summed E-state index contributed by atoms with van der Waals surface area (Å²) in [5.74, 6) is 0. The number of nitrogens with one attached hydrogen (secondary N) is 1. The quantitative estimate of drug-likeness (QED) is 0.712. The molecule has 22 heavy (non-hydrogen) atoms. The number of rotatable bonds is 6. The van der Waals surface area contributed by atoms with E-state index in [0.717, 1.165) is 17.0 Å². The van der Waals surface area contributed by atoms with Gasteiger partial charge in [0, 0.05) is 17.0 Å². The smallest absolute Gasteiger partial charge is 0.322 e. The van der Waals surface area contributed by atoms with Crippen LogP contribution in [0.4, 0.5) is 9.80 Å². The van der Waals surface area contributed by atoms with Gasteiger partial charge in [-0.2, -0.15) is 0 Å². The van der Waals surface area contributed by atoms with Gasteiger partial charge in [0.05, 0.1) is 24.1 Å². The van der Waals surface area contributed by atoms with Crippen LogP contribution in [-0.4, -0.2) is 17.5 Å². The number of hydrogen-bond donors (Lipinski definition) is 1. The Morgan fingerprint density at radius 1 is 1.18 bits per heavy atom. The first-order valence-electron chi connectivity index (χ1n) is 6.94. The summed E-state index contributed by atoms with van der Waals surface area (Å²) in [5.41, 5.74) is 0.993. The second-order valence-corrected chi connectivity index (χ2v) is 6.77. The van der Waals surface area contributed by atoms with Crippen LogP contribution >= 0.6 is 22.7 Å². The standard InChI is InChI=1S/C16H16N2O2S2/c19-16(17-15-4-2-10-22-15)18(11-13-6-8-20-12-13)7-5-14-3-1-9-21-14/h1-4,6,8-10,12H,5,7,11H2,(H,17,19). The molecule has 0 fully saturated rings. The average molecular weight is 332 g/mol. The number of amides is 2. The van der Waals surface area contributed by atoms with Gasteiger partial charge in [0.2, 0.25) is 0 Å². The summed E-state index contributed by atoms with van der Waals surface area (Å²) >= 11 is 3.23. The molecular formula is C16H16N2O2S2. The molecule has 0 atom stereocenters. The SMILES string of the molecule is O=C(Nc1cccs1)N(CCc1cccs1)Cc1ccoc1. The number of hydrogen-bond acceptors (Lipinski definition) is 4. The number of anilines is 1. The molecular weight excluding hydrogens is 316 g/mol. The molecule has 0 saturated heterocycles. The van der Waals surface area contributed by atoms with E-state index in [4.69, 9.17) is 4.42 Å². The van der Waals surface area contributed by atoms with Gasteiger partial charge in [-0.1, -0.05) is 6.07 Å². The number of carbonyl (C=O) groups is 1. The van der Waals surface area contributed by atoms with Gasteiger partial charge in [0.25, 0.3) is 0 Å². The first-order chi connectivity index (χ1) is 10.8. The van der Waals surface area contributed by atoms with Gasteiger partial charge in [-0.15, -0.1) is 22.7 Å². The molecule has 0 aliphatic heterocycles. The van der Waals surface area contributed by atoms with Crippen molar-refractivity contribution in [2.24, 2.45) is 0 Å². The van der Waals surface area contributed by atoms with Crippen LogP contribution in [0.5, 0.6) is 0 Å². The van der Waals surface area contributed by atoms with Crippen molar-refractivity contribution >= 4 is 33.7 Å². The molecule has 0 aliphatic rings. The van der Waals surface area contributed by atoms with Crippen LogP contribution in [0.1, 0.15) is 10.4 Å². The number of urea groups is 1. The van der Waals surface area contributed by atoms with E-state index in [0.29, 0.717) is 13.1 Å². The zero-order chi connectivity index (χ0) is 15.2. The number of thiophene rings is 2. The Balaban J connectivity index is 1.65. The number of nitrogens with zero attached hydrogens (tertiary/aromatic N) is 1. The zero-order valence-electron chi connectivity index (χ0n) is 11.9. The highest BCUT2D eigenvalue weighted by molar-refractivity contribution is 7.14. The van der Waals surface area contributed by atoms with Crippen molar-refractivity contribution in [2.75, 3.05) is 11.9 Å². The minimum atomic E-state index is -0.0831. The summed E-state index contributed by atoms with van der Waals surface area (Å²) in [6.45, 7) is 1.21. The summed E-state index contributed by atoms with van der Waals surface area (Å²) in [7, 11) is 0. The summed E-state index contributed by atoms with van der Waals surface area (Å²) in [6.07, 6.45) is 4.16. The maximum absolute atomic E-state index is 12.5. The normalized spacial score (nSPS) is 10.5. The number of carbonyl (C=O) groups excluding carboxylic acids is 1. The van der Waals surface area contributed by atoms with E-state index in [1.165, 1.54) is 16.2 Å². The minimum absolute atomic E-state index is 0.0831. The average Bonchev–Trinajstić information content (AvgIpc) is 3.26. The predicted molar refractivity (Wildman–Crippen MR) is 90.5 cm³/mol. The van der Waals surface area contributed by atoms with Crippen LogP contribution in [0, 0.1) is 0 Å². The molecule has 114 valence electrons. The molecule has 0 spiro atoms. The summed E-state index contributed by atoms with van der Waals surface area (Å²) in [5, 5.41) is 7.81. The lowest BCUT2D eigenvalue weighted by Crippen LogP contribution is -2.35. The fourth-order valence-corrected chi connectivity index (χ4v) is 3.39. The maximum atomic E-state index is 12.5. The molecule has 0 aromatic carbocycles. The first-order valence-corrected chi connectivity index (χ1v) is 8.70. The van der Waals surface area contributed by atoms with Crippen molar-refractivity contribution in [1.82, 2.24) is 4.90 Å². The molecule has 3 heterocycles. The Morgan fingerprint density at radius 2 is 2.05 bits per heavy atom. The second-order valence-electron chi connectivity index (χ2n) is 4.79. The molecule has 4 nitrogen and oxygen atoms in total. The molecule has 0 bridgehead atoms. The van der Waals surface area contributed by atoms with E-state index in [1.807, 2.05) is 34.5 Å². The lowest BCUT2D eigenvalue weighted by atomic mass is 10.3. The molecule has 2 amide bonds. The lowest BCUT2D eigenvalue weighted by molar-refractivity contribution is 0.210. The van der Waals surface area contributed by atoms with Crippen LogP contribution in [0.25, 0.3) is 0 Å². The van der Waals surface area contributed by atoms with Crippen molar-refractivity contribution in [1.29, 1.82) is 0 Å². The van der Waals surface area contributed by atoms with Crippen molar-refractivity contribution < 1.29 is 9.21 Å². The second kappa shape index (κ2) is 7.29. The Kier molecular flexibility index (Phi) is 4.92. The van der Waals surface area contributed by atoms with Crippen molar-refractivity contribution in [2.45, 2.75) is 13.0 Å². The van der Waals surface area contributed by atoms with Crippen molar-refractivity contribution in [3.63, 3.8) is 0 Å². The van der Waals surface area contributed by atoms with Gasteiger partial charge < -0.3 is 9.32 Å². The molecule has 0 saturated carbocycles. The molecule has 6 heteroatoms. The van der Waals surface area contributed by atoms with E-state index in [-0.39, 0.29) is 6.03 Å². The van der Waals surface area contributed by atoms with Gasteiger partial charge in [-0.25, -0.2) is 4.79 Å². The van der Waals surface area contributed by atoms with Gasteiger partial charge in [0.15, 0.2) is 0 Å². The Bertz CT molecular complexity index is 676. The van der Waals surface area contributed by atoms with Crippen LogP contribution in [0.15, 0.2) is 58.0 Å². The fraction of sp³-hybridized carbons (Fsp3) is 0.188. The van der Waals surface area contributed by atoms with Gasteiger partial charge in [-0.05, 0) is 41.4 Å². The number of furan rings is 1. The molecule has 3 rings (SSSR count). The summed E-state index contributed by atoms with van der Waals surface area (Å²) in [4.78, 5) is 15.6. The first kappa shape index (κ1) is 14.9. The van der Waals surface area contributed by atoms with Gasteiger partial charge in [-0.3, -0.25) is 5.32 Å². The Morgan fingerprint density at radius 3 is 2.73 bits per heavy atom. The largest absolute Gasteiger partial charge is 0.472 e. The Labute approximate surface area is 137 Å². The zero-order valence-corrected chi connectivity index (χ0v) is 13.5. The lowest BCUT2D eigenvalue weighted by Gasteiger charge is -2.22. The van der Waals surface area contributed by atoms with Gasteiger partial charge >= 0.3 is 6.03 Å². The predicted octanol–water partition coefficient (Wildman–Crippen LogP) is 4.68. The third-order valence-corrected chi connectivity index (χ3v) is 4.92. The van der Waals surface area contributed by atoms with Crippen molar-refractivity contribution in [3.8, 4) is 0 Å². The fourth-order valence-electron chi connectivity index (χ4n) is 2.09. The summed E-state index contributed by atoms with van der Waals surface area (Å²) in [6, 6.07) is 9.75. The summed E-state index contributed by atoms with van der Waals surface area (Å²) < 4.78 is 5.10. The third kappa shape index (κ3) is 3.99. The minimum Gasteiger partial charge on any atom is -0.472 e. The maximum Gasteiger partial charge on any atom is 0.322 e. The van der Waals surface area contributed by atoms with E-state index < -0.39 is 0 Å². The highest BCUT2D eigenvalue weighted by Gasteiger charge is 2.15. The molecule has 0 aliphatic carbocycles. The molecule has 1 N–H and O–H groups in total. The topological polar surface area (TPSA) is 45.5 Å². The van der Waals surface area contributed by atoms with Gasteiger partial charge in [0.1, 0.15) is 0 Å². The van der Waals surface area contributed by atoms with Crippen LogP contribution in [-0.2, 0) is 13.0 Å². The van der Waals surface area contributed by atoms with Crippen LogP contribution in [0.3, 0.4) is 0 Å².